The molecule has 0 saturated carbocycles. The average molecular weight is 346 g/mol. The summed E-state index contributed by atoms with van der Waals surface area (Å²) in [5.41, 5.74) is 0.906. The van der Waals surface area contributed by atoms with Crippen LogP contribution in [0.1, 0.15) is 12.2 Å². The summed E-state index contributed by atoms with van der Waals surface area (Å²) in [6.45, 7) is 1.69. The number of aliphatic hydroxyl groups is 1. The molecule has 1 atom stereocenters. The van der Waals surface area contributed by atoms with E-state index in [9.17, 15) is 5.11 Å². The van der Waals surface area contributed by atoms with Gasteiger partial charge in [-0.05, 0) is 30.7 Å². The van der Waals surface area contributed by atoms with Gasteiger partial charge in [0.05, 0.1) is 24.2 Å². The summed E-state index contributed by atoms with van der Waals surface area (Å²) in [5.74, 6) is 1.42. The van der Waals surface area contributed by atoms with Crippen molar-refractivity contribution >= 4 is 17.5 Å². The normalized spacial score (nSPS) is 17.6. The van der Waals surface area contributed by atoms with Crippen LogP contribution in [0.2, 0.25) is 5.02 Å². The molecular formula is C15H16ClN7O. The van der Waals surface area contributed by atoms with Crippen LogP contribution in [0.5, 0.6) is 0 Å². The number of aliphatic hydroxyl groups excluding tert-OH is 1. The Labute approximate surface area is 143 Å². The molecule has 0 aliphatic carbocycles. The molecule has 0 unspecified atom stereocenters. The van der Waals surface area contributed by atoms with E-state index >= 15 is 0 Å². The molecule has 1 aliphatic heterocycles. The van der Waals surface area contributed by atoms with E-state index in [1.807, 2.05) is 33.7 Å². The Morgan fingerprint density at radius 2 is 1.88 bits per heavy atom. The van der Waals surface area contributed by atoms with Crippen LogP contribution < -0.4 is 4.90 Å². The van der Waals surface area contributed by atoms with Gasteiger partial charge in [-0.25, -0.2) is 0 Å². The van der Waals surface area contributed by atoms with Crippen molar-refractivity contribution < 1.29 is 5.11 Å². The number of halogens is 1. The van der Waals surface area contributed by atoms with E-state index in [1.54, 1.807) is 17.2 Å². The highest BCUT2D eigenvalue weighted by molar-refractivity contribution is 6.30. The minimum atomic E-state index is -0.336. The fourth-order valence-corrected chi connectivity index (χ4v) is 2.97. The smallest absolute Gasteiger partial charge is 0.232 e. The first-order chi connectivity index (χ1) is 11.7. The van der Waals surface area contributed by atoms with Crippen molar-refractivity contribution in [2.45, 2.75) is 19.1 Å². The van der Waals surface area contributed by atoms with E-state index in [0.717, 1.165) is 18.7 Å². The molecule has 1 N–H and O–H groups in total. The summed E-state index contributed by atoms with van der Waals surface area (Å²) < 4.78 is 1.96. The SMILES string of the molecule is O[C@@H]1CCN(c2nnc(Cn3nccn3)n2-c2ccc(Cl)cc2)C1. The lowest BCUT2D eigenvalue weighted by Crippen LogP contribution is -2.25. The predicted octanol–water partition coefficient (Wildman–Crippen LogP) is 1.13. The van der Waals surface area contributed by atoms with E-state index < -0.39 is 0 Å². The number of β-amino-alcohol motifs (C(OH)–C–C–N with tert-alkyl or cyclic N) is 1. The second-order valence-corrected chi connectivity index (χ2v) is 6.11. The third-order valence-electron chi connectivity index (χ3n) is 3.99. The summed E-state index contributed by atoms with van der Waals surface area (Å²) in [7, 11) is 0. The number of nitrogens with zero attached hydrogens (tertiary/aromatic N) is 7. The van der Waals surface area contributed by atoms with Crippen molar-refractivity contribution in [2.75, 3.05) is 18.0 Å². The van der Waals surface area contributed by atoms with Crippen molar-refractivity contribution in [1.82, 2.24) is 29.8 Å². The summed E-state index contributed by atoms with van der Waals surface area (Å²) in [5, 5.41) is 27.4. The number of rotatable bonds is 4. The number of anilines is 1. The van der Waals surface area contributed by atoms with Crippen LogP contribution in [0.15, 0.2) is 36.7 Å². The van der Waals surface area contributed by atoms with Gasteiger partial charge in [-0.15, -0.1) is 10.2 Å². The van der Waals surface area contributed by atoms with Gasteiger partial charge < -0.3 is 10.0 Å². The van der Waals surface area contributed by atoms with Crippen LogP contribution in [0.25, 0.3) is 5.69 Å². The monoisotopic (exact) mass is 345 g/mol. The number of hydrogen-bond donors (Lipinski definition) is 1. The Kier molecular flexibility index (Phi) is 3.91. The molecule has 0 amide bonds. The van der Waals surface area contributed by atoms with Gasteiger partial charge in [-0.1, -0.05) is 11.6 Å². The van der Waals surface area contributed by atoms with Crippen LogP contribution in [-0.2, 0) is 6.54 Å². The number of aromatic nitrogens is 6. The van der Waals surface area contributed by atoms with Crippen molar-refractivity contribution in [2.24, 2.45) is 0 Å². The van der Waals surface area contributed by atoms with Gasteiger partial charge in [-0.2, -0.15) is 15.0 Å². The second kappa shape index (κ2) is 6.21. The molecule has 4 rings (SSSR count). The average Bonchev–Trinajstić information content (AvgIpc) is 3.30. The van der Waals surface area contributed by atoms with Gasteiger partial charge in [0.2, 0.25) is 5.95 Å². The molecule has 1 saturated heterocycles. The molecule has 8 nitrogen and oxygen atoms in total. The van der Waals surface area contributed by atoms with Crippen LogP contribution in [-0.4, -0.2) is 54.1 Å². The lowest BCUT2D eigenvalue weighted by atomic mass is 10.3. The van der Waals surface area contributed by atoms with Gasteiger partial charge in [0.1, 0.15) is 6.54 Å². The Bertz CT molecular complexity index is 815. The van der Waals surface area contributed by atoms with Crippen LogP contribution in [0, 0.1) is 0 Å². The number of benzene rings is 1. The van der Waals surface area contributed by atoms with Crippen molar-refractivity contribution in [1.29, 1.82) is 0 Å². The van der Waals surface area contributed by atoms with Crippen LogP contribution in [0.4, 0.5) is 5.95 Å². The van der Waals surface area contributed by atoms with Crippen LogP contribution in [0.3, 0.4) is 0 Å². The third kappa shape index (κ3) is 2.85. The number of hydrogen-bond acceptors (Lipinski definition) is 6. The molecule has 1 fully saturated rings. The Balaban J connectivity index is 1.76. The summed E-state index contributed by atoms with van der Waals surface area (Å²) in [4.78, 5) is 3.59. The minimum absolute atomic E-state index is 0.336. The first-order valence-electron chi connectivity index (χ1n) is 7.68. The summed E-state index contributed by atoms with van der Waals surface area (Å²) >= 11 is 6.01. The van der Waals surface area contributed by atoms with E-state index in [4.69, 9.17) is 11.6 Å². The molecule has 3 heterocycles. The Morgan fingerprint density at radius 3 is 2.54 bits per heavy atom. The first kappa shape index (κ1) is 15.1. The highest BCUT2D eigenvalue weighted by Crippen LogP contribution is 2.25. The van der Waals surface area contributed by atoms with Crippen molar-refractivity contribution in [3.63, 3.8) is 0 Å². The fraction of sp³-hybridized carbons (Fsp3) is 0.333. The quantitative estimate of drug-likeness (QED) is 0.763. The van der Waals surface area contributed by atoms with E-state index in [1.165, 1.54) is 0 Å². The lowest BCUT2D eigenvalue weighted by Gasteiger charge is -2.18. The van der Waals surface area contributed by atoms with Gasteiger partial charge in [-0.3, -0.25) is 4.57 Å². The molecular weight excluding hydrogens is 330 g/mol. The van der Waals surface area contributed by atoms with Crippen LogP contribution >= 0.6 is 11.6 Å². The van der Waals surface area contributed by atoms with Gasteiger partial charge in [0, 0.05) is 18.1 Å². The maximum Gasteiger partial charge on any atom is 0.232 e. The van der Waals surface area contributed by atoms with Gasteiger partial charge >= 0.3 is 0 Å². The zero-order valence-electron chi connectivity index (χ0n) is 12.8. The van der Waals surface area contributed by atoms with E-state index in [0.29, 0.717) is 29.9 Å². The lowest BCUT2D eigenvalue weighted by molar-refractivity contribution is 0.198. The van der Waals surface area contributed by atoms with Gasteiger partial charge in [0.25, 0.3) is 0 Å². The zero-order valence-corrected chi connectivity index (χ0v) is 13.6. The highest BCUT2D eigenvalue weighted by Gasteiger charge is 2.26. The van der Waals surface area contributed by atoms with Crippen molar-refractivity contribution in [3.05, 3.63) is 47.5 Å². The van der Waals surface area contributed by atoms with Crippen molar-refractivity contribution in [3.8, 4) is 5.69 Å². The maximum atomic E-state index is 9.83. The molecule has 1 aliphatic rings. The molecule has 124 valence electrons. The fourth-order valence-electron chi connectivity index (χ4n) is 2.84. The standard InChI is InChI=1S/C15H16ClN7O/c16-11-1-3-12(4-2-11)23-14(10-22-17-6-7-18-22)19-20-15(23)21-8-5-13(24)9-21/h1-4,6-7,13,24H,5,8-10H2/t13-/m1/s1. The summed E-state index contributed by atoms with van der Waals surface area (Å²) in [6.07, 6.45) is 3.64. The summed E-state index contributed by atoms with van der Waals surface area (Å²) in [6, 6.07) is 7.49. The maximum absolute atomic E-state index is 9.83. The zero-order chi connectivity index (χ0) is 16.5. The van der Waals surface area contributed by atoms with E-state index in [-0.39, 0.29) is 6.10 Å². The largest absolute Gasteiger partial charge is 0.391 e. The minimum Gasteiger partial charge on any atom is -0.391 e. The molecule has 1 aromatic carbocycles. The Morgan fingerprint density at radius 1 is 1.12 bits per heavy atom. The molecule has 24 heavy (non-hydrogen) atoms. The molecule has 0 bridgehead atoms. The molecule has 0 radical (unpaired) electrons. The molecule has 2 aromatic heterocycles. The van der Waals surface area contributed by atoms with E-state index in [2.05, 4.69) is 20.4 Å². The predicted molar refractivity (Wildman–Crippen MR) is 88.3 cm³/mol. The molecule has 0 spiro atoms. The molecule has 3 aromatic rings. The Hall–Kier alpha value is -2.45. The first-order valence-corrected chi connectivity index (χ1v) is 8.06. The highest BCUT2D eigenvalue weighted by atomic mass is 35.5. The topological polar surface area (TPSA) is 84.9 Å². The molecule has 9 heteroatoms. The van der Waals surface area contributed by atoms with Gasteiger partial charge in [0.15, 0.2) is 5.82 Å². The second-order valence-electron chi connectivity index (χ2n) is 5.68. The third-order valence-corrected chi connectivity index (χ3v) is 4.25.